The van der Waals surface area contributed by atoms with E-state index in [1.165, 1.54) is 0 Å². The third-order valence-electron chi connectivity index (χ3n) is 3.46. The molecular formula is C14H14N2O2. The van der Waals surface area contributed by atoms with Gasteiger partial charge in [0, 0.05) is 12.1 Å². The molecule has 1 N–H and O–H groups in total. The summed E-state index contributed by atoms with van der Waals surface area (Å²) >= 11 is 0. The Balaban J connectivity index is 2.23. The maximum Gasteiger partial charge on any atom is 0.356 e. The molecule has 0 amide bonds. The zero-order chi connectivity index (χ0) is 12.7. The van der Waals surface area contributed by atoms with Crippen LogP contribution in [0.3, 0.4) is 0 Å². The number of carboxylic acids is 1. The lowest BCUT2D eigenvalue weighted by atomic mass is 10.1. The summed E-state index contributed by atoms with van der Waals surface area (Å²) in [5.74, 6) is -0.140. The molecule has 1 aliphatic rings. The molecule has 0 saturated heterocycles. The van der Waals surface area contributed by atoms with Gasteiger partial charge in [-0.2, -0.15) is 0 Å². The number of carbonyl (C=O) groups is 1. The van der Waals surface area contributed by atoms with E-state index >= 15 is 0 Å². The van der Waals surface area contributed by atoms with Crippen LogP contribution in [0.2, 0.25) is 0 Å². The number of carboxylic acid groups (broad SMARTS) is 1. The summed E-state index contributed by atoms with van der Waals surface area (Å²) in [4.78, 5) is 15.5. The molecule has 4 heteroatoms. The molecule has 2 aromatic rings. The maximum atomic E-state index is 11.2. The Labute approximate surface area is 105 Å². The predicted molar refractivity (Wildman–Crippen MR) is 67.7 cm³/mol. The van der Waals surface area contributed by atoms with E-state index in [2.05, 4.69) is 4.98 Å². The number of hydrogen-bond acceptors (Lipinski definition) is 2. The lowest BCUT2D eigenvalue weighted by Crippen LogP contribution is -2.00. The maximum absolute atomic E-state index is 11.2. The SMILES string of the molecule is Cc1ccccc1-c1nc(C(=O)O)c2n1CCC2. The minimum absolute atomic E-state index is 0.214. The zero-order valence-electron chi connectivity index (χ0n) is 10.2. The van der Waals surface area contributed by atoms with Gasteiger partial charge in [0.05, 0.1) is 5.69 Å². The van der Waals surface area contributed by atoms with Gasteiger partial charge in [0.1, 0.15) is 5.82 Å². The van der Waals surface area contributed by atoms with E-state index in [1.54, 1.807) is 0 Å². The van der Waals surface area contributed by atoms with Crippen LogP contribution in [-0.4, -0.2) is 20.6 Å². The molecule has 3 rings (SSSR count). The number of aromatic nitrogens is 2. The van der Waals surface area contributed by atoms with Gasteiger partial charge in [-0.15, -0.1) is 0 Å². The quantitative estimate of drug-likeness (QED) is 0.880. The Morgan fingerprint density at radius 3 is 2.89 bits per heavy atom. The van der Waals surface area contributed by atoms with Crippen molar-refractivity contribution >= 4 is 5.97 Å². The summed E-state index contributed by atoms with van der Waals surface area (Å²) in [5, 5.41) is 9.20. The van der Waals surface area contributed by atoms with Crippen LogP contribution >= 0.6 is 0 Å². The third-order valence-corrected chi connectivity index (χ3v) is 3.46. The smallest absolute Gasteiger partial charge is 0.356 e. The largest absolute Gasteiger partial charge is 0.476 e. The highest BCUT2D eigenvalue weighted by Crippen LogP contribution is 2.29. The monoisotopic (exact) mass is 242 g/mol. The number of aromatic carboxylic acids is 1. The van der Waals surface area contributed by atoms with Crippen molar-refractivity contribution in [3.63, 3.8) is 0 Å². The molecule has 1 aromatic heterocycles. The van der Waals surface area contributed by atoms with E-state index in [0.717, 1.165) is 42.0 Å². The average molecular weight is 242 g/mol. The van der Waals surface area contributed by atoms with Crippen LogP contribution in [0.1, 0.15) is 28.2 Å². The van der Waals surface area contributed by atoms with Gasteiger partial charge < -0.3 is 9.67 Å². The Kier molecular flexibility index (Phi) is 2.44. The Hall–Kier alpha value is -2.10. The molecule has 1 aliphatic heterocycles. The number of aryl methyl sites for hydroxylation is 1. The molecule has 0 spiro atoms. The molecule has 0 radical (unpaired) electrons. The van der Waals surface area contributed by atoms with Crippen molar-refractivity contribution in [1.29, 1.82) is 0 Å². The van der Waals surface area contributed by atoms with Crippen molar-refractivity contribution in [3.8, 4) is 11.4 Å². The van der Waals surface area contributed by atoms with E-state index in [0.29, 0.717) is 0 Å². The minimum Gasteiger partial charge on any atom is -0.476 e. The van der Waals surface area contributed by atoms with Crippen LogP contribution in [0.4, 0.5) is 0 Å². The second kappa shape index (κ2) is 3.98. The highest BCUT2D eigenvalue weighted by Gasteiger charge is 2.26. The van der Waals surface area contributed by atoms with Gasteiger partial charge >= 0.3 is 5.97 Å². The van der Waals surface area contributed by atoms with Gasteiger partial charge in [-0.1, -0.05) is 24.3 Å². The molecule has 0 bridgehead atoms. The topological polar surface area (TPSA) is 55.1 Å². The van der Waals surface area contributed by atoms with E-state index in [-0.39, 0.29) is 5.69 Å². The molecule has 0 atom stereocenters. The van der Waals surface area contributed by atoms with Crippen LogP contribution in [-0.2, 0) is 13.0 Å². The molecule has 0 saturated carbocycles. The summed E-state index contributed by atoms with van der Waals surface area (Å²) in [5.41, 5.74) is 3.22. The molecule has 0 unspecified atom stereocenters. The highest BCUT2D eigenvalue weighted by molar-refractivity contribution is 5.88. The molecule has 2 heterocycles. The van der Waals surface area contributed by atoms with Crippen LogP contribution in [0.25, 0.3) is 11.4 Å². The number of hydrogen-bond donors (Lipinski definition) is 1. The van der Waals surface area contributed by atoms with E-state index in [9.17, 15) is 9.90 Å². The van der Waals surface area contributed by atoms with Crippen LogP contribution in [0, 0.1) is 6.92 Å². The zero-order valence-corrected chi connectivity index (χ0v) is 10.2. The van der Waals surface area contributed by atoms with Crippen molar-refractivity contribution < 1.29 is 9.90 Å². The normalized spacial score (nSPS) is 13.6. The van der Waals surface area contributed by atoms with Crippen molar-refractivity contribution in [1.82, 2.24) is 9.55 Å². The first-order valence-corrected chi connectivity index (χ1v) is 6.07. The minimum atomic E-state index is -0.930. The summed E-state index contributed by atoms with van der Waals surface area (Å²) < 4.78 is 2.05. The molecule has 18 heavy (non-hydrogen) atoms. The second-order valence-electron chi connectivity index (χ2n) is 4.61. The van der Waals surface area contributed by atoms with Gasteiger partial charge in [-0.3, -0.25) is 0 Å². The number of imidazole rings is 1. The lowest BCUT2D eigenvalue weighted by molar-refractivity contribution is 0.0690. The molecule has 0 fully saturated rings. The molecule has 92 valence electrons. The number of benzene rings is 1. The summed E-state index contributed by atoms with van der Waals surface area (Å²) in [6, 6.07) is 7.95. The van der Waals surface area contributed by atoms with Crippen molar-refractivity contribution in [2.24, 2.45) is 0 Å². The van der Waals surface area contributed by atoms with E-state index < -0.39 is 5.97 Å². The van der Waals surface area contributed by atoms with Gasteiger partial charge in [-0.05, 0) is 25.3 Å². The summed E-state index contributed by atoms with van der Waals surface area (Å²) in [7, 11) is 0. The first-order valence-electron chi connectivity index (χ1n) is 6.07. The summed E-state index contributed by atoms with van der Waals surface area (Å²) in [6.45, 7) is 2.88. The fourth-order valence-electron chi connectivity index (χ4n) is 2.59. The fraction of sp³-hybridized carbons (Fsp3) is 0.286. The lowest BCUT2D eigenvalue weighted by Gasteiger charge is -2.06. The van der Waals surface area contributed by atoms with Crippen LogP contribution in [0.5, 0.6) is 0 Å². The van der Waals surface area contributed by atoms with Crippen molar-refractivity contribution in [2.75, 3.05) is 0 Å². The van der Waals surface area contributed by atoms with Crippen LogP contribution < -0.4 is 0 Å². The Morgan fingerprint density at radius 2 is 2.17 bits per heavy atom. The Bertz CT molecular complexity index is 629. The molecule has 1 aromatic carbocycles. The first kappa shape index (κ1) is 11.0. The predicted octanol–water partition coefficient (Wildman–Crippen LogP) is 2.50. The number of fused-ring (bicyclic) bond motifs is 1. The van der Waals surface area contributed by atoms with Gasteiger partial charge in [0.25, 0.3) is 0 Å². The van der Waals surface area contributed by atoms with Crippen LogP contribution in [0.15, 0.2) is 24.3 Å². The highest BCUT2D eigenvalue weighted by atomic mass is 16.4. The number of nitrogens with zero attached hydrogens (tertiary/aromatic N) is 2. The second-order valence-corrected chi connectivity index (χ2v) is 4.61. The van der Waals surface area contributed by atoms with Gasteiger partial charge in [0.15, 0.2) is 5.69 Å². The molecule has 0 aliphatic carbocycles. The summed E-state index contributed by atoms with van der Waals surface area (Å²) in [6.07, 6.45) is 1.80. The van der Waals surface area contributed by atoms with E-state index in [1.807, 2.05) is 35.8 Å². The first-order chi connectivity index (χ1) is 8.68. The Morgan fingerprint density at radius 1 is 1.39 bits per heavy atom. The van der Waals surface area contributed by atoms with Crippen molar-refractivity contribution in [3.05, 3.63) is 41.2 Å². The fourth-order valence-corrected chi connectivity index (χ4v) is 2.59. The van der Waals surface area contributed by atoms with Crippen molar-refractivity contribution in [2.45, 2.75) is 26.3 Å². The van der Waals surface area contributed by atoms with Gasteiger partial charge in [-0.25, -0.2) is 9.78 Å². The van der Waals surface area contributed by atoms with Gasteiger partial charge in [0.2, 0.25) is 0 Å². The molecule has 4 nitrogen and oxygen atoms in total. The standard InChI is InChI=1S/C14H14N2O2/c1-9-5-2-3-6-10(9)13-15-12(14(17)18)11-7-4-8-16(11)13/h2-3,5-6H,4,7-8H2,1H3,(H,17,18). The molecular weight excluding hydrogens is 228 g/mol. The van der Waals surface area contributed by atoms with E-state index in [4.69, 9.17) is 0 Å². The number of rotatable bonds is 2. The average Bonchev–Trinajstić information content (AvgIpc) is 2.90. The third kappa shape index (κ3) is 1.53.